The summed E-state index contributed by atoms with van der Waals surface area (Å²) in [5.41, 5.74) is 4.59. The molecule has 12 heteroatoms. The van der Waals surface area contributed by atoms with Gasteiger partial charge < -0.3 is 16.0 Å². The van der Waals surface area contributed by atoms with E-state index in [1.165, 1.54) is 31.0 Å². The summed E-state index contributed by atoms with van der Waals surface area (Å²) in [7, 11) is 1.60. The van der Waals surface area contributed by atoms with Gasteiger partial charge in [0.25, 0.3) is 5.91 Å². The van der Waals surface area contributed by atoms with Gasteiger partial charge in [-0.25, -0.2) is 9.99 Å². The number of halogens is 3. The number of aromatic nitrogens is 1. The third-order valence-corrected chi connectivity index (χ3v) is 7.48. The van der Waals surface area contributed by atoms with Gasteiger partial charge in [0.15, 0.2) is 0 Å². The number of hydrazone groups is 1. The van der Waals surface area contributed by atoms with Gasteiger partial charge in [-0.05, 0) is 57.2 Å². The normalized spacial score (nSPS) is 20.0. The SMILES string of the molecule is CN1N=C2CCN(C(=O)C(CCCc3cccc(C(F)(F)F)n3)NC(=O)C(C)(C)N)CC2(Cc2ccccc2)C1=O. The van der Waals surface area contributed by atoms with Crippen molar-refractivity contribution >= 4 is 23.4 Å². The van der Waals surface area contributed by atoms with E-state index in [9.17, 15) is 27.6 Å². The molecule has 1 aromatic carbocycles. The van der Waals surface area contributed by atoms with Gasteiger partial charge in [-0.2, -0.15) is 18.3 Å². The van der Waals surface area contributed by atoms with Gasteiger partial charge in [-0.1, -0.05) is 36.4 Å². The van der Waals surface area contributed by atoms with Crippen LogP contribution >= 0.6 is 0 Å². The highest BCUT2D eigenvalue weighted by molar-refractivity contribution is 6.13. The third-order valence-electron chi connectivity index (χ3n) is 7.48. The molecule has 3 N–H and O–H groups in total. The summed E-state index contributed by atoms with van der Waals surface area (Å²) in [4.78, 5) is 45.4. The number of hydrogen-bond donors (Lipinski definition) is 2. The number of carbonyl (C=O) groups excluding carboxylic acids is 3. The molecule has 2 aliphatic rings. The van der Waals surface area contributed by atoms with Crippen LogP contribution in [-0.2, 0) is 33.4 Å². The highest BCUT2D eigenvalue weighted by Gasteiger charge is 2.54. The van der Waals surface area contributed by atoms with Crippen molar-refractivity contribution in [3.05, 3.63) is 65.5 Å². The molecule has 41 heavy (non-hydrogen) atoms. The number of nitrogens with two attached hydrogens (primary N) is 1. The molecule has 0 radical (unpaired) electrons. The predicted octanol–water partition coefficient (Wildman–Crippen LogP) is 2.93. The Morgan fingerprint density at radius 3 is 2.49 bits per heavy atom. The molecular weight excluding hydrogens is 537 g/mol. The van der Waals surface area contributed by atoms with E-state index in [2.05, 4.69) is 15.4 Å². The lowest BCUT2D eigenvalue weighted by atomic mass is 9.73. The standard InChI is InChI=1S/C29H35F3N6O3/c1-27(2,33)25(40)35-21(13-7-11-20-12-8-14-23(34-20)29(30,31)32)24(39)38-16-15-22-28(18-38,26(41)37(3)36-22)17-19-9-5-4-6-10-19/h4-6,8-10,12,14,21H,7,11,13,15-18,33H2,1-3H3,(H,35,40). The fourth-order valence-electron chi connectivity index (χ4n) is 5.30. The Labute approximate surface area is 237 Å². The van der Waals surface area contributed by atoms with Gasteiger partial charge >= 0.3 is 6.18 Å². The van der Waals surface area contributed by atoms with Crippen LogP contribution in [0.5, 0.6) is 0 Å². The number of piperidine rings is 1. The summed E-state index contributed by atoms with van der Waals surface area (Å²) in [5.74, 6) is -1.12. The van der Waals surface area contributed by atoms with Gasteiger partial charge in [0.2, 0.25) is 11.8 Å². The first-order valence-electron chi connectivity index (χ1n) is 13.5. The smallest absolute Gasteiger partial charge is 0.343 e. The van der Waals surface area contributed by atoms with Gasteiger partial charge in [0, 0.05) is 32.3 Å². The fourth-order valence-corrected chi connectivity index (χ4v) is 5.30. The molecule has 220 valence electrons. The Kier molecular flexibility index (Phi) is 8.53. The molecule has 2 atom stereocenters. The monoisotopic (exact) mass is 572 g/mol. The second kappa shape index (κ2) is 11.6. The molecule has 9 nitrogen and oxygen atoms in total. The van der Waals surface area contributed by atoms with Crippen LogP contribution in [-0.4, -0.2) is 70.0 Å². The molecule has 3 heterocycles. The van der Waals surface area contributed by atoms with Crippen molar-refractivity contribution in [2.45, 2.75) is 63.7 Å². The maximum Gasteiger partial charge on any atom is 0.433 e. The number of pyridine rings is 1. The topological polar surface area (TPSA) is 121 Å². The molecule has 0 saturated carbocycles. The van der Waals surface area contributed by atoms with E-state index < -0.39 is 34.8 Å². The number of carbonyl (C=O) groups is 3. The summed E-state index contributed by atoms with van der Waals surface area (Å²) in [6.45, 7) is 3.43. The van der Waals surface area contributed by atoms with Gasteiger partial charge in [0.05, 0.1) is 11.3 Å². The third kappa shape index (κ3) is 6.75. The van der Waals surface area contributed by atoms with Crippen molar-refractivity contribution in [3.63, 3.8) is 0 Å². The summed E-state index contributed by atoms with van der Waals surface area (Å²) in [6, 6.07) is 12.2. The zero-order valence-corrected chi connectivity index (χ0v) is 23.4. The number of likely N-dealkylation sites (tertiary alicyclic amines) is 1. The zero-order valence-electron chi connectivity index (χ0n) is 23.4. The van der Waals surface area contributed by atoms with Crippen molar-refractivity contribution in [1.82, 2.24) is 20.2 Å². The van der Waals surface area contributed by atoms with Crippen LogP contribution in [0.25, 0.3) is 0 Å². The lowest BCUT2D eigenvalue weighted by Gasteiger charge is -2.41. The molecular formula is C29H35F3N6O3. The van der Waals surface area contributed by atoms with E-state index in [-0.39, 0.29) is 43.3 Å². The zero-order chi connectivity index (χ0) is 30.0. The van der Waals surface area contributed by atoms with Gasteiger partial charge in [-0.15, -0.1) is 0 Å². The largest absolute Gasteiger partial charge is 0.433 e. The van der Waals surface area contributed by atoms with Crippen LogP contribution < -0.4 is 11.1 Å². The van der Waals surface area contributed by atoms with E-state index in [0.717, 1.165) is 17.3 Å². The van der Waals surface area contributed by atoms with E-state index >= 15 is 0 Å². The minimum absolute atomic E-state index is 0.0936. The number of aryl methyl sites for hydroxylation is 1. The lowest BCUT2D eigenvalue weighted by molar-refractivity contribution is -0.142. The van der Waals surface area contributed by atoms with E-state index in [1.807, 2.05) is 30.3 Å². The van der Waals surface area contributed by atoms with E-state index in [0.29, 0.717) is 19.4 Å². The Balaban J connectivity index is 1.54. The first-order valence-corrected chi connectivity index (χ1v) is 13.5. The summed E-state index contributed by atoms with van der Waals surface area (Å²) in [5, 5.41) is 8.54. The Bertz CT molecular complexity index is 1330. The quantitative estimate of drug-likeness (QED) is 0.479. The summed E-state index contributed by atoms with van der Waals surface area (Å²) in [6.07, 6.45) is -3.19. The molecule has 0 bridgehead atoms. The van der Waals surface area contributed by atoms with Crippen LogP contribution in [0.15, 0.2) is 53.6 Å². The van der Waals surface area contributed by atoms with Crippen LogP contribution in [0.2, 0.25) is 0 Å². The molecule has 1 aromatic heterocycles. The van der Waals surface area contributed by atoms with Crippen molar-refractivity contribution in [2.24, 2.45) is 16.3 Å². The van der Waals surface area contributed by atoms with E-state index in [1.54, 1.807) is 11.9 Å². The molecule has 0 aliphatic carbocycles. The van der Waals surface area contributed by atoms with Gasteiger partial charge in [0.1, 0.15) is 17.2 Å². The Morgan fingerprint density at radius 1 is 1.12 bits per heavy atom. The first kappa shape index (κ1) is 30.2. The maximum atomic E-state index is 13.9. The van der Waals surface area contributed by atoms with Crippen LogP contribution in [0.4, 0.5) is 13.2 Å². The number of amides is 3. The van der Waals surface area contributed by atoms with Crippen LogP contribution in [0.1, 0.15) is 50.1 Å². The summed E-state index contributed by atoms with van der Waals surface area (Å²) < 4.78 is 39.3. The predicted molar refractivity (Wildman–Crippen MR) is 146 cm³/mol. The molecule has 4 rings (SSSR count). The van der Waals surface area contributed by atoms with Crippen molar-refractivity contribution < 1.29 is 27.6 Å². The molecule has 2 aromatic rings. The minimum Gasteiger partial charge on any atom is -0.343 e. The second-order valence-corrected chi connectivity index (χ2v) is 11.3. The highest BCUT2D eigenvalue weighted by Crippen LogP contribution is 2.38. The number of benzene rings is 1. The second-order valence-electron chi connectivity index (χ2n) is 11.3. The number of fused-ring (bicyclic) bond motifs is 1. The van der Waals surface area contributed by atoms with Crippen LogP contribution in [0, 0.1) is 5.41 Å². The number of nitrogens with one attached hydrogen (secondary N) is 1. The minimum atomic E-state index is -4.56. The van der Waals surface area contributed by atoms with Crippen molar-refractivity contribution in [3.8, 4) is 0 Å². The molecule has 1 fully saturated rings. The van der Waals surface area contributed by atoms with E-state index in [4.69, 9.17) is 5.73 Å². The molecule has 2 aliphatic heterocycles. The van der Waals surface area contributed by atoms with Crippen molar-refractivity contribution in [2.75, 3.05) is 20.1 Å². The number of hydrogen-bond acceptors (Lipinski definition) is 6. The molecule has 1 saturated heterocycles. The molecule has 0 spiro atoms. The lowest BCUT2D eigenvalue weighted by Crippen LogP contribution is -2.60. The first-order chi connectivity index (χ1) is 19.2. The van der Waals surface area contributed by atoms with Crippen LogP contribution in [0.3, 0.4) is 0 Å². The summed E-state index contributed by atoms with van der Waals surface area (Å²) >= 11 is 0. The molecule has 2 unspecified atom stereocenters. The van der Waals surface area contributed by atoms with Crippen molar-refractivity contribution in [1.29, 1.82) is 0 Å². The Morgan fingerprint density at radius 2 is 1.83 bits per heavy atom. The highest BCUT2D eigenvalue weighted by atomic mass is 19.4. The average Bonchev–Trinajstić information content (AvgIpc) is 3.16. The fraction of sp³-hybridized carbons (Fsp3) is 0.483. The maximum absolute atomic E-state index is 13.9. The number of nitrogens with zero attached hydrogens (tertiary/aromatic N) is 4. The number of rotatable bonds is 9. The van der Waals surface area contributed by atoms with Gasteiger partial charge in [-0.3, -0.25) is 14.4 Å². The Hall–Kier alpha value is -3.80. The number of alkyl halides is 3. The average molecular weight is 573 g/mol. The molecule has 3 amide bonds.